The zero-order chi connectivity index (χ0) is 27.5. The van der Waals surface area contributed by atoms with Crippen LogP contribution in [0.1, 0.15) is 45.2 Å². The molecule has 2 heterocycles. The number of benzene rings is 2. The third-order valence-electron chi connectivity index (χ3n) is 7.79. The summed E-state index contributed by atoms with van der Waals surface area (Å²) in [5.74, 6) is -1.00. The molecule has 2 aromatic rings. The van der Waals surface area contributed by atoms with E-state index in [-0.39, 0.29) is 17.4 Å². The van der Waals surface area contributed by atoms with Gasteiger partial charge in [0.15, 0.2) is 0 Å². The summed E-state index contributed by atoms with van der Waals surface area (Å²) in [4.78, 5) is 30.4. The lowest BCUT2D eigenvalue weighted by Gasteiger charge is -2.50. The summed E-state index contributed by atoms with van der Waals surface area (Å²) in [7, 11) is 2.81. The molecule has 6 nitrogen and oxygen atoms in total. The Labute approximate surface area is 226 Å². The lowest BCUT2D eigenvalue weighted by molar-refractivity contribution is -0.137. The van der Waals surface area contributed by atoms with Crippen molar-refractivity contribution in [1.29, 1.82) is 0 Å². The van der Waals surface area contributed by atoms with Crippen LogP contribution in [0.25, 0.3) is 0 Å². The zero-order valence-corrected chi connectivity index (χ0v) is 23.2. The van der Waals surface area contributed by atoms with Gasteiger partial charge in [-0.2, -0.15) is 0 Å². The molecule has 6 heteroatoms. The standard InChI is InChI=1S/C32H38N2O4/c1-31(2)18-26(27(30(36)38-6)22-33(31)19-23-13-9-7-10-14-23)28-17-25(29(35)37-5)21-34(32(28,3)4)20-24-15-11-8-12-16-24/h7-17,21-22,26H,18-20H2,1-6H3/t26-/m1/s1. The predicted octanol–water partition coefficient (Wildman–Crippen LogP) is 5.62. The third kappa shape index (κ3) is 5.54. The molecule has 2 aliphatic heterocycles. The van der Waals surface area contributed by atoms with E-state index in [0.717, 1.165) is 11.1 Å². The van der Waals surface area contributed by atoms with E-state index < -0.39 is 11.5 Å². The molecule has 0 radical (unpaired) electrons. The minimum Gasteiger partial charge on any atom is -0.466 e. The summed E-state index contributed by atoms with van der Waals surface area (Å²) in [6.45, 7) is 9.97. The highest BCUT2D eigenvalue weighted by atomic mass is 16.5. The first kappa shape index (κ1) is 27.2. The molecule has 4 rings (SSSR count). The van der Waals surface area contributed by atoms with Crippen molar-refractivity contribution in [2.24, 2.45) is 5.92 Å². The first-order chi connectivity index (χ1) is 18.1. The maximum absolute atomic E-state index is 13.2. The highest BCUT2D eigenvalue weighted by Gasteiger charge is 2.45. The van der Waals surface area contributed by atoms with E-state index in [2.05, 4.69) is 61.8 Å². The summed E-state index contributed by atoms with van der Waals surface area (Å²) in [5.41, 5.74) is 3.60. The van der Waals surface area contributed by atoms with Gasteiger partial charge in [-0.15, -0.1) is 0 Å². The maximum Gasteiger partial charge on any atom is 0.339 e. The van der Waals surface area contributed by atoms with E-state index >= 15 is 0 Å². The van der Waals surface area contributed by atoms with Crippen molar-refractivity contribution in [3.05, 3.63) is 107 Å². The molecule has 0 amide bonds. The first-order valence-corrected chi connectivity index (χ1v) is 13.0. The van der Waals surface area contributed by atoms with Crippen molar-refractivity contribution < 1.29 is 19.1 Å². The van der Waals surface area contributed by atoms with Gasteiger partial charge in [-0.3, -0.25) is 0 Å². The van der Waals surface area contributed by atoms with Crippen LogP contribution in [0.2, 0.25) is 0 Å². The van der Waals surface area contributed by atoms with E-state index in [0.29, 0.717) is 30.7 Å². The molecular weight excluding hydrogens is 476 g/mol. The van der Waals surface area contributed by atoms with Gasteiger partial charge in [-0.25, -0.2) is 9.59 Å². The fourth-order valence-corrected chi connectivity index (χ4v) is 5.45. The number of methoxy groups -OCH3 is 2. The molecule has 38 heavy (non-hydrogen) atoms. The Morgan fingerprint density at radius 1 is 0.789 bits per heavy atom. The topological polar surface area (TPSA) is 59.1 Å². The molecule has 0 aromatic heterocycles. The molecule has 200 valence electrons. The van der Waals surface area contributed by atoms with Crippen LogP contribution in [0.4, 0.5) is 0 Å². The van der Waals surface area contributed by atoms with Gasteiger partial charge in [0, 0.05) is 36.9 Å². The monoisotopic (exact) mass is 514 g/mol. The van der Waals surface area contributed by atoms with E-state index in [1.165, 1.54) is 19.8 Å². The van der Waals surface area contributed by atoms with Crippen molar-refractivity contribution in [2.75, 3.05) is 14.2 Å². The van der Waals surface area contributed by atoms with Crippen LogP contribution in [0.5, 0.6) is 0 Å². The van der Waals surface area contributed by atoms with E-state index in [9.17, 15) is 9.59 Å². The van der Waals surface area contributed by atoms with Crippen LogP contribution in [-0.4, -0.2) is 47.0 Å². The average molecular weight is 515 g/mol. The summed E-state index contributed by atoms with van der Waals surface area (Å²) < 4.78 is 10.4. The van der Waals surface area contributed by atoms with Crippen molar-refractivity contribution in [1.82, 2.24) is 9.80 Å². The molecular formula is C32H38N2O4. The highest BCUT2D eigenvalue weighted by molar-refractivity contribution is 5.93. The Hall–Kier alpha value is -3.80. The molecule has 0 unspecified atom stereocenters. The number of carbonyl (C=O) groups excluding carboxylic acids is 2. The van der Waals surface area contributed by atoms with Gasteiger partial charge in [0.25, 0.3) is 0 Å². The van der Waals surface area contributed by atoms with Gasteiger partial charge in [-0.05, 0) is 56.9 Å². The lowest BCUT2D eigenvalue weighted by Crippen LogP contribution is -2.51. The van der Waals surface area contributed by atoms with E-state index in [1.807, 2.05) is 54.9 Å². The van der Waals surface area contributed by atoms with Gasteiger partial charge < -0.3 is 19.3 Å². The van der Waals surface area contributed by atoms with Gasteiger partial charge >= 0.3 is 11.9 Å². The number of hydrogen-bond acceptors (Lipinski definition) is 6. The first-order valence-electron chi connectivity index (χ1n) is 13.0. The van der Waals surface area contributed by atoms with Crippen LogP contribution >= 0.6 is 0 Å². The third-order valence-corrected chi connectivity index (χ3v) is 7.79. The smallest absolute Gasteiger partial charge is 0.339 e. The fraction of sp³-hybridized carbons (Fsp3) is 0.375. The number of carbonyl (C=O) groups is 2. The van der Waals surface area contributed by atoms with Crippen molar-refractivity contribution >= 4 is 11.9 Å². The maximum atomic E-state index is 13.2. The van der Waals surface area contributed by atoms with Crippen LogP contribution < -0.4 is 0 Å². The molecule has 0 saturated heterocycles. The number of nitrogens with zero attached hydrogens (tertiary/aromatic N) is 2. The number of esters is 2. The van der Waals surface area contributed by atoms with Crippen LogP contribution in [0, 0.1) is 5.92 Å². The normalized spacial score (nSPS) is 20.2. The Morgan fingerprint density at radius 3 is 1.84 bits per heavy atom. The number of hydrogen-bond donors (Lipinski definition) is 0. The fourth-order valence-electron chi connectivity index (χ4n) is 5.45. The molecule has 0 aliphatic carbocycles. The minimum absolute atomic E-state index is 0.244. The second kappa shape index (κ2) is 10.9. The minimum atomic E-state index is -0.483. The number of rotatable bonds is 7. The summed E-state index contributed by atoms with van der Waals surface area (Å²) in [6.07, 6.45) is 6.43. The SMILES string of the molecule is COC(=O)C1=CN(Cc2ccccc2)C(C)(C)C([C@@H]2CC(C)(C)N(Cc3ccccc3)C=C2C(=O)OC)=C1. The molecule has 0 fully saturated rings. The molecule has 1 atom stereocenters. The summed E-state index contributed by atoms with van der Waals surface area (Å²) >= 11 is 0. The summed E-state index contributed by atoms with van der Waals surface area (Å²) in [6, 6.07) is 20.4. The Balaban J connectivity index is 1.79. The van der Waals surface area contributed by atoms with Gasteiger partial charge in [0.2, 0.25) is 0 Å². The van der Waals surface area contributed by atoms with Crippen LogP contribution in [0.15, 0.2) is 95.9 Å². The molecule has 2 aromatic carbocycles. The van der Waals surface area contributed by atoms with Crippen molar-refractivity contribution in [3.63, 3.8) is 0 Å². The van der Waals surface area contributed by atoms with Gasteiger partial charge in [0.05, 0.1) is 30.9 Å². The van der Waals surface area contributed by atoms with E-state index in [4.69, 9.17) is 9.47 Å². The van der Waals surface area contributed by atoms with Gasteiger partial charge in [-0.1, -0.05) is 60.7 Å². The Bertz CT molecular complexity index is 1260. The molecule has 0 saturated carbocycles. The zero-order valence-electron chi connectivity index (χ0n) is 23.2. The van der Waals surface area contributed by atoms with E-state index in [1.54, 1.807) is 0 Å². The van der Waals surface area contributed by atoms with Crippen molar-refractivity contribution in [2.45, 2.75) is 58.3 Å². The molecule has 0 N–H and O–H groups in total. The predicted molar refractivity (Wildman–Crippen MR) is 149 cm³/mol. The molecule has 2 aliphatic rings. The second-order valence-electron chi connectivity index (χ2n) is 11.1. The Morgan fingerprint density at radius 2 is 1.32 bits per heavy atom. The van der Waals surface area contributed by atoms with Gasteiger partial charge in [0.1, 0.15) is 0 Å². The second-order valence-corrected chi connectivity index (χ2v) is 11.1. The van der Waals surface area contributed by atoms with Crippen LogP contribution in [-0.2, 0) is 32.2 Å². The molecule has 0 spiro atoms. The van der Waals surface area contributed by atoms with Crippen LogP contribution in [0.3, 0.4) is 0 Å². The average Bonchev–Trinajstić information content (AvgIpc) is 2.91. The van der Waals surface area contributed by atoms with Crippen molar-refractivity contribution in [3.8, 4) is 0 Å². The lowest BCUT2D eigenvalue weighted by atomic mass is 9.70. The molecule has 0 bridgehead atoms. The largest absolute Gasteiger partial charge is 0.466 e. The quantitative estimate of drug-likeness (QED) is 0.447. The highest BCUT2D eigenvalue weighted by Crippen LogP contribution is 2.46. The number of ether oxygens (including phenoxy) is 2. The Kier molecular flexibility index (Phi) is 7.81. The summed E-state index contributed by atoms with van der Waals surface area (Å²) in [5, 5.41) is 0.